The minimum Gasteiger partial charge on any atom is -0.385 e. The van der Waals surface area contributed by atoms with Crippen LogP contribution in [0.1, 0.15) is 64.9 Å². The molecule has 134 valence electrons. The summed E-state index contributed by atoms with van der Waals surface area (Å²) in [5.41, 5.74) is 1.04. The molecule has 0 saturated heterocycles. The van der Waals surface area contributed by atoms with E-state index in [-0.39, 0.29) is 17.6 Å². The minimum absolute atomic E-state index is 0.0193. The standard InChI is InChI=1S/C19H28O4S/c1-5-13-19(14-7-6-8-15-19)24(20,21,22)23-17-11-9-16(10-12-17)18(2,3)4/h1,9-12H,6-8,13-15H2,2-4H3,(H2,20,21,22). The summed E-state index contributed by atoms with van der Waals surface area (Å²) in [5.74, 6) is 2.62. The van der Waals surface area contributed by atoms with Gasteiger partial charge in [0, 0.05) is 6.42 Å². The fourth-order valence-corrected chi connectivity index (χ4v) is 5.26. The van der Waals surface area contributed by atoms with Crippen molar-refractivity contribution in [2.75, 3.05) is 0 Å². The van der Waals surface area contributed by atoms with E-state index in [0.29, 0.717) is 12.8 Å². The van der Waals surface area contributed by atoms with Crippen LogP contribution in [0.15, 0.2) is 24.3 Å². The Morgan fingerprint density at radius 2 is 1.71 bits per heavy atom. The zero-order valence-electron chi connectivity index (χ0n) is 14.7. The lowest BCUT2D eigenvalue weighted by Gasteiger charge is -2.49. The summed E-state index contributed by atoms with van der Waals surface area (Å²) in [6.45, 7) is 6.24. The first kappa shape index (κ1) is 19.0. The van der Waals surface area contributed by atoms with Gasteiger partial charge < -0.3 is 4.18 Å². The van der Waals surface area contributed by atoms with Crippen LogP contribution in [0.4, 0.5) is 0 Å². The van der Waals surface area contributed by atoms with Gasteiger partial charge in [0.2, 0.25) is 9.91 Å². The maximum Gasteiger partial charge on any atom is 0.232 e. The molecule has 5 heteroatoms. The molecule has 0 spiro atoms. The average Bonchev–Trinajstić information content (AvgIpc) is 2.47. The molecule has 0 bridgehead atoms. The second kappa shape index (κ2) is 6.18. The van der Waals surface area contributed by atoms with Crippen molar-refractivity contribution in [3.05, 3.63) is 29.8 Å². The number of rotatable bonds is 4. The second-order valence-electron chi connectivity index (χ2n) is 7.78. The van der Waals surface area contributed by atoms with Crippen molar-refractivity contribution in [2.24, 2.45) is 0 Å². The maximum atomic E-state index is 13.1. The lowest BCUT2D eigenvalue weighted by atomic mass is 9.86. The summed E-state index contributed by atoms with van der Waals surface area (Å²) in [6.07, 6.45) is 8.68. The summed E-state index contributed by atoms with van der Waals surface area (Å²) in [5, 5.41) is 0. The Morgan fingerprint density at radius 1 is 1.17 bits per heavy atom. The zero-order valence-corrected chi connectivity index (χ0v) is 15.6. The van der Waals surface area contributed by atoms with Crippen LogP contribution in [0.2, 0.25) is 0 Å². The number of hydrogen-bond donors (Lipinski definition) is 2. The Kier molecular flexibility index (Phi) is 4.89. The van der Waals surface area contributed by atoms with Gasteiger partial charge in [-0.05, 0) is 36.0 Å². The Balaban J connectivity index is 2.34. The van der Waals surface area contributed by atoms with Gasteiger partial charge >= 0.3 is 0 Å². The van der Waals surface area contributed by atoms with E-state index in [1.165, 1.54) is 0 Å². The maximum absolute atomic E-state index is 13.1. The lowest BCUT2D eigenvalue weighted by Crippen LogP contribution is -2.59. The van der Waals surface area contributed by atoms with E-state index in [0.717, 1.165) is 24.8 Å². The molecule has 1 saturated carbocycles. The molecule has 0 amide bonds. The summed E-state index contributed by atoms with van der Waals surface area (Å²) >= 11 is 0. The van der Waals surface area contributed by atoms with Crippen molar-refractivity contribution in [3.63, 3.8) is 0 Å². The lowest BCUT2D eigenvalue weighted by molar-refractivity contribution is 0.224. The second-order valence-corrected chi connectivity index (χ2v) is 10.4. The highest BCUT2D eigenvalue weighted by Gasteiger charge is 2.56. The molecule has 1 aromatic rings. The average molecular weight is 352 g/mol. The molecule has 0 heterocycles. The van der Waals surface area contributed by atoms with Crippen LogP contribution < -0.4 is 4.18 Å². The minimum atomic E-state index is -5.37. The van der Waals surface area contributed by atoms with Gasteiger partial charge in [-0.25, -0.2) is 0 Å². The fourth-order valence-electron chi connectivity index (χ4n) is 3.30. The van der Waals surface area contributed by atoms with Gasteiger partial charge in [0.05, 0.1) is 0 Å². The monoisotopic (exact) mass is 352 g/mol. The third-order valence-corrected chi connectivity index (χ3v) is 7.42. The summed E-state index contributed by atoms with van der Waals surface area (Å²) in [4.78, 5) is 0. The third kappa shape index (κ3) is 3.66. The van der Waals surface area contributed by atoms with Gasteiger partial charge in [0.15, 0.2) is 0 Å². The zero-order chi connectivity index (χ0) is 18.1. The first-order valence-electron chi connectivity index (χ1n) is 8.38. The first-order valence-corrected chi connectivity index (χ1v) is 10.2. The Morgan fingerprint density at radius 3 is 2.17 bits per heavy atom. The highest BCUT2D eigenvalue weighted by molar-refractivity contribution is 8.07. The van der Waals surface area contributed by atoms with E-state index in [9.17, 15) is 13.3 Å². The smallest absolute Gasteiger partial charge is 0.232 e. The van der Waals surface area contributed by atoms with E-state index in [1.54, 1.807) is 12.1 Å². The third-order valence-electron chi connectivity index (χ3n) is 4.90. The number of benzene rings is 1. The molecule has 0 atom stereocenters. The molecule has 1 fully saturated rings. The predicted octanol–water partition coefficient (Wildman–Crippen LogP) is 4.77. The molecule has 1 aliphatic rings. The van der Waals surface area contributed by atoms with Crippen LogP contribution in [0, 0.1) is 12.3 Å². The summed E-state index contributed by atoms with van der Waals surface area (Å²) < 4.78 is 38.4. The first-order chi connectivity index (χ1) is 11.0. The van der Waals surface area contributed by atoms with Gasteiger partial charge in [0.25, 0.3) is 0 Å². The van der Waals surface area contributed by atoms with Crippen LogP contribution in [-0.4, -0.2) is 18.1 Å². The van der Waals surface area contributed by atoms with E-state index in [4.69, 9.17) is 10.6 Å². The molecule has 2 N–H and O–H groups in total. The highest BCUT2D eigenvalue weighted by atomic mass is 32.3. The van der Waals surface area contributed by atoms with Gasteiger partial charge in [-0.2, -0.15) is 4.21 Å². The molecular weight excluding hydrogens is 324 g/mol. The fraction of sp³-hybridized carbons (Fsp3) is 0.579. The van der Waals surface area contributed by atoms with Crippen molar-refractivity contribution >= 4 is 9.91 Å². The van der Waals surface area contributed by atoms with Crippen molar-refractivity contribution in [2.45, 2.75) is 69.5 Å². The van der Waals surface area contributed by atoms with Crippen LogP contribution in [0.3, 0.4) is 0 Å². The molecule has 2 rings (SSSR count). The van der Waals surface area contributed by atoms with Crippen LogP contribution in [0.5, 0.6) is 5.75 Å². The van der Waals surface area contributed by atoms with Gasteiger partial charge in [0.1, 0.15) is 10.5 Å². The van der Waals surface area contributed by atoms with E-state index >= 15 is 0 Å². The van der Waals surface area contributed by atoms with Crippen LogP contribution in [-0.2, 0) is 15.3 Å². The Hall–Kier alpha value is -1.35. The SMILES string of the molecule is C#CCC1(S(=O)(O)(O)Oc2ccc(C(C)(C)C)cc2)CCCCC1. The number of terminal acetylenes is 1. The van der Waals surface area contributed by atoms with Crippen LogP contribution >= 0.6 is 0 Å². The van der Waals surface area contributed by atoms with Gasteiger partial charge in [-0.1, -0.05) is 52.2 Å². The molecule has 4 nitrogen and oxygen atoms in total. The van der Waals surface area contributed by atoms with Crippen LogP contribution in [0.25, 0.3) is 0 Å². The Bertz CT molecular complexity index is 680. The normalized spacial score (nSPS) is 19.8. The van der Waals surface area contributed by atoms with Gasteiger partial charge in [-0.15, -0.1) is 12.3 Å². The largest absolute Gasteiger partial charge is 0.385 e. The number of hydrogen-bond acceptors (Lipinski definition) is 2. The van der Waals surface area contributed by atoms with E-state index in [1.807, 2.05) is 12.1 Å². The van der Waals surface area contributed by atoms with Gasteiger partial charge in [-0.3, -0.25) is 9.11 Å². The molecule has 24 heavy (non-hydrogen) atoms. The molecule has 0 radical (unpaired) electrons. The molecule has 0 aliphatic heterocycles. The van der Waals surface area contributed by atoms with Crippen molar-refractivity contribution < 1.29 is 17.5 Å². The van der Waals surface area contributed by atoms with E-state index in [2.05, 4.69) is 26.7 Å². The Labute approximate surface area is 145 Å². The molecule has 0 aromatic heterocycles. The molecule has 0 unspecified atom stereocenters. The summed E-state index contributed by atoms with van der Waals surface area (Å²) in [6, 6.07) is 6.92. The predicted molar refractivity (Wildman–Crippen MR) is 98.4 cm³/mol. The summed E-state index contributed by atoms with van der Waals surface area (Å²) in [7, 11) is -5.37. The molecular formula is C19H28O4S. The van der Waals surface area contributed by atoms with E-state index < -0.39 is 14.7 Å². The van der Waals surface area contributed by atoms with Crippen molar-refractivity contribution in [1.82, 2.24) is 0 Å². The highest BCUT2D eigenvalue weighted by Crippen LogP contribution is 2.48. The molecule has 1 aromatic carbocycles. The van der Waals surface area contributed by atoms with Crippen molar-refractivity contribution in [1.29, 1.82) is 0 Å². The quantitative estimate of drug-likeness (QED) is 0.766. The topological polar surface area (TPSA) is 66.8 Å². The molecule has 1 aliphatic carbocycles. The van der Waals surface area contributed by atoms with Crippen molar-refractivity contribution in [3.8, 4) is 18.1 Å².